The first-order valence-electron chi connectivity index (χ1n) is 5.46. The van der Waals surface area contributed by atoms with Gasteiger partial charge in [-0.1, -0.05) is 0 Å². The van der Waals surface area contributed by atoms with E-state index < -0.39 is 24.3 Å². The van der Waals surface area contributed by atoms with Crippen molar-refractivity contribution in [1.29, 1.82) is 0 Å². The summed E-state index contributed by atoms with van der Waals surface area (Å²) >= 11 is 0. The smallest absolute Gasteiger partial charge is 0.326 e. The topological polar surface area (TPSA) is 122 Å². The lowest BCUT2D eigenvalue weighted by Gasteiger charge is -2.18. The maximum atomic E-state index is 11.8. The number of nitrogens with one attached hydrogen (secondary N) is 2. The monoisotopic (exact) mass is 243 g/mol. The molecule has 1 rings (SSSR count). The van der Waals surface area contributed by atoms with Crippen molar-refractivity contribution in [2.75, 3.05) is 6.54 Å². The van der Waals surface area contributed by atoms with Crippen LogP contribution in [0.1, 0.15) is 19.8 Å². The number of carboxylic acids is 1. The Morgan fingerprint density at radius 2 is 2.18 bits per heavy atom. The van der Waals surface area contributed by atoms with Crippen LogP contribution in [0, 0.1) is 5.92 Å². The number of amides is 2. The van der Waals surface area contributed by atoms with E-state index >= 15 is 0 Å². The molecule has 5 N–H and O–H groups in total. The minimum absolute atomic E-state index is 0.0121. The van der Waals surface area contributed by atoms with Gasteiger partial charge in [-0.05, 0) is 19.9 Å². The molecule has 1 fully saturated rings. The number of carboxylic acid groups (broad SMARTS) is 1. The normalized spacial score (nSPS) is 25.2. The fourth-order valence-electron chi connectivity index (χ4n) is 1.90. The zero-order valence-electron chi connectivity index (χ0n) is 9.60. The Hall–Kier alpha value is -1.63. The predicted molar refractivity (Wildman–Crippen MR) is 58.9 cm³/mol. The molecule has 1 saturated heterocycles. The van der Waals surface area contributed by atoms with Crippen molar-refractivity contribution < 1.29 is 19.5 Å². The molecule has 96 valence electrons. The fraction of sp³-hybridized carbons (Fsp3) is 0.700. The lowest BCUT2D eigenvalue weighted by molar-refractivity contribution is -0.144. The van der Waals surface area contributed by atoms with E-state index in [9.17, 15) is 14.4 Å². The van der Waals surface area contributed by atoms with Crippen LogP contribution in [0.5, 0.6) is 0 Å². The third kappa shape index (κ3) is 3.70. The highest BCUT2D eigenvalue weighted by Crippen LogP contribution is 2.15. The molecule has 0 aliphatic carbocycles. The van der Waals surface area contributed by atoms with Crippen LogP contribution in [0.25, 0.3) is 0 Å². The highest BCUT2D eigenvalue weighted by Gasteiger charge is 2.32. The summed E-state index contributed by atoms with van der Waals surface area (Å²) in [4.78, 5) is 33.3. The molecule has 0 aromatic carbocycles. The molecule has 0 aromatic rings. The van der Waals surface area contributed by atoms with Crippen molar-refractivity contribution in [3.63, 3.8) is 0 Å². The van der Waals surface area contributed by atoms with Crippen molar-refractivity contribution in [2.45, 2.75) is 31.8 Å². The van der Waals surface area contributed by atoms with E-state index in [0.29, 0.717) is 6.42 Å². The summed E-state index contributed by atoms with van der Waals surface area (Å²) in [5, 5.41) is 14.3. The predicted octanol–water partition coefficient (Wildman–Crippen LogP) is -1.57. The number of hydrogen-bond donors (Lipinski definition) is 4. The van der Waals surface area contributed by atoms with Crippen LogP contribution >= 0.6 is 0 Å². The number of carbonyl (C=O) groups excluding carboxylic acids is 2. The Morgan fingerprint density at radius 1 is 1.53 bits per heavy atom. The molecule has 0 saturated carbocycles. The van der Waals surface area contributed by atoms with Gasteiger partial charge in [0.1, 0.15) is 6.04 Å². The van der Waals surface area contributed by atoms with Crippen molar-refractivity contribution >= 4 is 17.8 Å². The van der Waals surface area contributed by atoms with Crippen LogP contribution in [0.4, 0.5) is 0 Å². The average molecular weight is 243 g/mol. The van der Waals surface area contributed by atoms with Crippen molar-refractivity contribution in [2.24, 2.45) is 11.7 Å². The molecule has 2 unspecified atom stereocenters. The van der Waals surface area contributed by atoms with Crippen LogP contribution in [0.3, 0.4) is 0 Å². The zero-order chi connectivity index (χ0) is 13.0. The van der Waals surface area contributed by atoms with Gasteiger partial charge >= 0.3 is 5.97 Å². The number of hydrogen-bond acceptors (Lipinski definition) is 4. The van der Waals surface area contributed by atoms with Gasteiger partial charge in [0, 0.05) is 6.04 Å². The van der Waals surface area contributed by atoms with E-state index in [1.807, 2.05) is 6.92 Å². The van der Waals surface area contributed by atoms with Gasteiger partial charge in [0.05, 0.1) is 12.3 Å². The lowest BCUT2D eigenvalue weighted by atomic mass is 10.0. The molecule has 1 heterocycles. The summed E-state index contributed by atoms with van der Waals surface area (Å²) in [5.41, 5.74) is 4.92. The molecule has 1 aliphatic rings. The zero-order valence-corrected chi connectivity index (χ0v) is 9.60. The summed E-state index contributed by atoms with van der Waals surface area (Å²) in [6.07, 6.45) is 0.269. The second kappa shape index (κ2) is 5.62. The summed E-state index contributed by atoms with van der Waals surface area (Å²) in [6.45, 7) is 2.59. The van der Waals surface area contributed by atoms with Gasteiger partial charge in [0.25, 0.3) is 0 Å². The first-order chi connectivity index (χ1) is 7.91. The standard InChI is InChI=1S/C10H17N3O4/c1-5-6(2-3-12-5)9(15)13-7(10(16)17)4-8(11)14/h5-7,12H,2-4H2,1H3,(H2,11,14)(H,13,15)(H,16,17)/t5?,6?,7-/m1/s1. The molecule has 3 atom stereocenters. The fourth-order valence-corrected chi connectivity index (χ4v) is 1.90. The van der Waals surface area contributed by atoms with E-state index in [-0.39, 0.29) is 17.9 Å². The molecule has 0 spiro atoms. The number of carbonyl (C=O) groups is 3. The molecule has 0 radical (unpaired) electrons. The maximum absolute atomic E-state index is 11.8. The van der Waals surface area contributed by atoms with Crippen LogP contribution in [-0.2, 0) is 14.4 Å². The van der Waals surface area contributed by atoms with Gasteiger partial charge in [-0.3, -0.25) is 9.59 Å². The van der Waals surface area contributed by atoms with Crippen molar-refractivity contribution in [3.8, 4) is 0 Å². The number of primary amides is 1. The largest absolute Gasteiger partial charge is 0.480 e. The van der Waals surface area contributed by atoms with E-state index in [4.69, 9.17) is 10.8 Å². The third-order valence-electron chi connectivity index (χ3n) is 2.88. The SMILES string of the molecule is CC1NCCC1C(=O)N[C@H](CC(N)=O)C(=O)O. The highest BCUT2D eigenvalue weighted by molar-refractivity contribution is 5.89. The molecule has 7 heteroatoms. The second-order valence-electron chi connectivity index (χ2n) is 4.21. The van der Waals surface area contributed by atoms with Crippen LogP contribution in [0.2, 0.25) is 0 Å². The molecular weight excluding hydrogens is 226 g/mol. The summed E-state index contributed by atoms with van der Waals surface area (Å²) < 4.78 is 0. The molecule has 17 heavy (non-hydrogen) atoms. The van der Waals surface area contributed by atoms with Gasteiger partial charge in [-0.2, -0.15) is 0 Å². The second-order valence-corrected chi connectivity index (χ2v) is 4.21. The molecule has 2 amide bonds. The summed E-state index contributed by atoms with van der Waals surface area (Å²) in [7, 11) is 0. The van der Waals surface area contributed by atoms with Crippen LogP contribution in [0.15, 0.2) is 0 Å². The summed E-state index contributed by atoms with van der Waals surface area (Å²) in [6, 6.07) is -1.23. The quantitative estimate of drug-likeness (QED) is 0.464. The van der Waals surface area contributed by atoms with E-state index in [1.54, 1.807) is 0 Å². The molecule has 7 nitrogen and oxygen atoms in total. The highest BCUT2D eigenvalue weighted by atomic mass is 16.4. The Kier molecular flexibility index (Phi) is 4.45. The Balaban J connectivity index is 2.57. The minimum Gasteiger partial charge on any atom is -0.480 e. The van der Waals surface area contributed by atoms with Gasteiger partial charge < -0.3 is 21.5 Å². The third-order valence-corrected chi connectivity index (χ3v) is 2.88. The van der Waals surface area contributed by atoms with Crippen molar-refractivity contribution in [1.82, 2.24) is 10.6 Å². The maximum Gasteiger partial charge on any atom is 0.326 e. The van der Waals surface area contributed by atoms with Crippen LogP contribution < -0.4 is 16.4 Å². The lowest BCUT2D eigenvalue weighted by Crippen LogP contribution is -2.47. The minimum atomic E-state index is -1.25. The number of nitrogens with two attached hydrogens (primary N) is 1. The van der Waals surface area contributed by atoms with E-state index in [0.717, 1.165) is 6.54 Å². The van der Waals surface area contributed by atoms with Gasteiger partial charge in [0.2, 0.25) is 11.8 Å². The Morgan fingerprint density at radius 3 is 2.59 bits per heavy atom. The first kappa shape index (κ1) is 13.4. The molecule has 0 bridgehead atoms. The number of aliphatic carboxylic acids is 1. The number of rotatable bonds is 5. The average Bonchev–Trinajstić information content (AvgIpc) is 2.62. The molecule has 0 aromatic heterocycles. The van der Waals surface area contributed by atoms with Gasteiger partial charge in [-0.25, -0.2) is 4.79 Å². The Labute approximate surface area is 98.7 Å². The van der Waals surface area contributed by atoms with Gasteiger partial charge in [0.15, 0.2) is 0 Å². The van der Waals surface area contributed by atoms with E-state index in [1.165, 1.54) is 0 Å². The van der Waals surface area contributed by atoms with Crippen molar-refractivity contribution in [3.05, 3.63) is 0 Å². The molecular formula is C10H17N3O4. The van der Waals surface area contributed by atoms with Gasteiger partial charge in [-0.15, -0.1) is 0 Å². The van der Waals surface area contributed by atoms with E-state index in [2.05, 4.69) is 10.6 Å². The summed E-state index contributed by atoms with van der Waals surface area (Å²) in [5.74, 6) is -2.62. The van der Waals surface area contributed by atoms with Crippen LogP contribution in [-0.4, -0.2) is 41.5 Å². The molecule has 1 aliphatic heterocycles. The first-order valence-corrected chi connectivity index (χ1v) is 5.46. The Bertz CT molecular complexity index is 332.